The van der Waals surface area contributed by atoms with E-state index in [-0.39, 0.29) is 23.7 Å². The second-order valence-corrected chi connectivity index (χ2v) is 10.5. The molecule has 3 atom stereocenters. The minimum atomic E-state index is -0.349. The second-order valence-electron chi connectivity index (χ2n) is 10.5. The largest absolute Gasteiger partial charge is 0.392 e. The molecule has 1 heterocycles. The van der Waals surface area contributed by atoms with Crippen molar-refractivity contribution in [3.63, 3.8) is 0 Å². The van der Waals surface area contributed by atoms with Crippen LogP contribution in [0, 0.1) is 22.7 Å². The highest BCUT2D eigenvalue weighted by Crippen LogP contribution is 2.57. The fraction of sp³-hybridized carbons (Fsp3) is 0.750. The van der Waals surface area contributed by atoms with Crippen LogP contribution in [0.2, 0.25) is 0 Å². The quantitative estimate of drug-likeness (QED) is 0.727. The molecule has 1 N–H and O–H groups in total. The number of hydrogen-bond donors (Lipinski definition) is 1. The second kappa shape index (κ2) is 6.86. The normalized spacial score (nSPS) is 36.9. The van der Waals surface area contributed by atoms with Crippen molar-refractivity contribution in [3.05, 3.63) is 34.4 Å². The lowest BCUT2D eigenvalue weighted by Gasteiger charge is -2.41. The highest BCUT2D eigenvalue weighted by atomic mass is 16.7. The summed E-state index contributed by atoms with van der Waals surface area (Å²) in [5, 5.41) is 11.1. The van der Waals surface area contributed by atoms with Crippen LogP contribution < -0.4 is 0 Å². The van der Waals surface area contributed by atoms with Gasteiger partial charge in [0.1, 0.15) is 0 Å². The van der Waals surface area contributed by atoms with Crippen LogP contribution in [0.3, 0.4) is 0 Å². The van der Waals surface area contributed by atoms with Gasteiger partial charge in [0.25, 0.3) is 0 Å². The molecule has 3 nitrogen and oxygen atoms in total. The van der Waals surface area contributed by atoms with Crippen molar-refractivity contribution in [1.29, 1.82) is 0 Å². The van der Waals surface area contributed by atoms with Gasteiger partial charge in [-0.1, -0.05) is 52.3 Å². The molecule has 3 aliphatic carbocycles. The number of fused-ring (bicyclic) bond motifs is 3. The minimum Gasteiger partial charge on any atom is -0.392 e. The lowest BCUT2D eigenvalue weighted by atomic mass is 9.64. The summed E-state index contributed by atoms with van der Waals surface area (Å²) in [6.07, 6.45) is 9.23. The molecular formula is C24H36O3. The van der Waals surface area contributed by atoms with Crippen LogP contribution in [0.4, 0.5) is 0 Å². The van der Waals surface area contributed by atoms with Crippen LogP contribution >= 0.6 is 0 Å². The van der Waals surface area contributed by atoms with E-state index in [9.17, 15) is 5.11 Å². The van der Waals surface area contributed by atoms with Gasteiger partial charge in [-0.05, 0) is 53.7 Å². The van der Waals surface area contributed by atoms with Crippen molar-refractivity contribution in [2.24, 2.45) is 22.7 Å². The molecule has 2 fully saturated rings. The van der Waals surface area contributed by atoms with E-state index in [0.717, 1.165) is 12.0 Å². The fourth-order valence-corrected chi connectivity index (χ4v) is 5.56. The van der Waals surface area contributed by atoms with Gasteiger partial charge in [0, 0.05) is 17.8 Å². The zero-order valence-electron chi connectivity index (χ0n) is 17.7. The van der Waals surface area contributed by atoms with Crippen LogP contribution in [0.5, 0.6) is 0 Å². The average Bonchev–Trinajstić information content (AvgIpc) is 2.87. The molecule has 150 valence electrons. The van der Waals surface area contributed by atoms with Gasteiger partial charge >= 0.3 is 0 Å². The zero-order valence-corrected chi connectivity index (χ0v) is 17.7. The van der Waals surface area contributed by atoms with Gasteiger partial charge in [-0.2, -0.15) is 0 Å². The highest BCUT2D eigenvalue weighted by molar-refractivity contribution is 5.50. The molecule has 4 rings (SSSR count). The van der Waals surface area contributed by atoms with E-state index in [0.29, 0.717) is 31.0 Å². The van der Waals surface area contributed by atoms with Crippen molar-refractivity contribution in [2.75, 3.05) is 13.2 Å². The van der Waals surface area contributed by atoms with Crippen molar-refractivity contribution in [3.8, 4) is 0 Å². The van der Waals surface area contributed by atoms with Crippen molar-refractivity contribution in [2.45, 2.75) is 79.1 Å². The molecule has 27 heavy (non-hydrogen) atoms. The van der Waals surface area contributed by atoms with Gasteiger partial charge in [0.15, 0.2) is 6.29 Å². The van der Waals surface area contributed by atoms with E-state index in [2.05, 4.69) is 46.8 Å². The van der Waals surface area contributed by atoms with Gasteiger partial charge in [-0.15, -0.1) is 0 Å². The zero-order chi connectivity index (χ0) is 19.4. The van der Waals surface area contributed by atoms with E-state index in [1.54, 1.807) is 11.1 Å². The van der Waals surface area contributed by atoms with Crippen molar-refractivity contribution >= 4 is 0 Å². The lowest BCUT2D eigenvalue weighted by molar-refractivity contribution is -0.204. The number of allylic oxidation sites excluding steroid dienone is 4. The summed E-state index contributed by atoms with van der Waals surface area (Å²) in [4.78, 5) is 0. The monoisotopic (exact) mass is 372 g/mol. The molecule has 0 aromatic heterocycles. The highest BCUT2D eigenvalue weighted by Gasteiger charge is 2.46. The topological polar surface area (TPSA) is 38.7 Å². The van der Waals surface area contributed by atoms with Gasteiger partial charge in [-0.25, -0.2) is 0 Å². The Kier molecular flexibility index (Phi) is 4.93. The molecule has 4 aliphatic rings. The Bertz CT molecular complexity index is 686. The van der Waals surface area contributed by atoms with E-state index < -0.39 is 0 Å². The van der Waals surface area contributed by atoms with Crippen LogP contribution in [-0.4, -0.2) is 30.7 Å². The van der Waals surface area contributed by atoms with Crippen molar-refractivity contribution in [1.82, 2.24) is 0 Å². The molecule has 1 saturated carbocycles. The summed E-state index contributed by atoms with van der Waals surface area (Å²) >= 11 is 0. The summed E-state index contributed by atoms with van der Waals surface area (Å²) < 4.78 is 12.0. The van der Waals surface area contributed by atoms with E-state index >= 15 is 0 Å². The first-order valence-corrected chi connectivity index (χ1v) is 10.8. The summed E-state index contributed by atoms with van der Waals surface area (Å²) in [6.45, 7) is 12.8. The maximum Gasteiger partial charge on any atom is 0.180 e. The maximum atomic E-state index is 11.1. The van der Waals surface area contributed by atoms with Crippen LogP contribution in [0.25, 0.3) is 0 Å². The number of aliphatic hydroxyl groups excluding tert-OH is 1. The smallest absolute Gasteiger partial charge is 0.180 e. The Balaban J connectivity index is 1.67. The molecule has 1 saturated heterocycles. The SMILES string of the molecule is CC(C)C1=C2C3=CC=C(C4OCC(C)(C)CO4)CC(O)C3CCC2(C)CC1. The van der Waals surface area contributed by atoms with Crippen LogP contribution in [0.15, 0.2) is 34.4 Å². The summed E-state index contributed by atoms with van der Waals surface area (Å²) in [5.41, 5.74) is 6.02. The Morgan fingerprint density at radius 1 is 1.07 bits per heavy atom. The van der Waals surface area contributed by atoms with Gasteiger partial charge in [-0.3, -0.25) is 0 Å². The minimum absolute atomic E-state index is 0.0650. The number of aliphatic hydroxyl groups is 1. The third-order valence-corrected chi connectivity index (χ3v) is 7.20. The Morgan fingerprint density at radius 2 is 1.78 bits per heavy atom. The van der Waals surface area contributed by atoms with Gasteiger partial charge in [0.05, 0.1) is 19.3 Å². The van der Waals surface area contributed by atoms with Crippen LogP contribution in [0.1, 0.15) is 66.7 Å². The van der Waals surface area contributed by atoms with E-state index in [4.69, 9.17) is 9.47 Å². The molecule has 3 heteroatoms. The first kappa shape index (κ1) is 19.4. The third kappa shape index (κ3) is 3.47. The predicted molar refractivity (Wildman–Crippen MR) is 108 cm³/mol. The molecule has 0 radical (unpaired) electrons. The molecule has 0 aromatic carbocycles. The Morgan fingerprint density at radius 3 is 2.44 bits per heavy atom. The Labute approximate surface area is 164 Å². The first-order chi connectivity index (χ1) is 12.7. The standard InChI is InChI=1S/C24H36O3/c1-15(2)17-8-10-24(5)11-9-18-19(21(17)24)7-6-16(12-20(18)25)22-26-13-23(3,4)14-27-22/h6-7,15,18,20,22,25H,8-14H2,1-5H3. The number of rotatable bonds is 2. The van der Waals surface area contributed by atoms with E-state index in [1.807, 2.05) is 0 Å². The Hall–Kier alpha value is -0.900. The summed E-state index contributed by atoms with van der Waals surface area (Å²) in [5.74, 6) is 0.825. The molecule has 0 amide bonds. The van der Waals surface area contributed by atoms with Crippen molar-refractivity contribution < 1.29 is 14.6 Å². The molecule has 0 bridgehead atoms. The summed E-state index contributed by atoms with van der Waals surface area (Å²) in [7, 11) is 0. The number of hydrogen-bond acceptors (Lipinski definition) is 3. The predicted octanol–water partition coefficient (Wildman–Crippen LogP) is 5.17. The molecular weight excluding hydrogens is 336 g/mol. The van der Waals surface area contributed by atoms with Gasteiger partial charge in [0.2, 0.25) is 0 Å². The average molecular weight is 373 g/mol. The molecule has 1 aliphatic heterocycles. The third-order valence-electron chi connectivity index (χ3n) is 7.20. The van der Waals surface area contributed by atoms with E-state index in [1.165, 1.54) is 24.8 Å². The lowest BCUT2D eigenvalue weighted by Crippen LogP contribution is -2.39. The molecule has 3 unspecified atom stereocenters. The van der Waals surface area contributed by atoms with Gasteiger partial charge < -0.3 is 14.6 Å². The molecule has 0 spiro atoms. The number of ether oxygens (including phenoxy) is 2. The molecule has 0 aromatic rings. The fourth-order valence-electron chi connectivity index (χ4n) is 5.56. The first-order valence-electron chi connectivity index (χ1n) is 10.8. The summed E-state index contributed by atoms with van der Waals surface area (Å²) in [6, 6.07) is 0. The van der Waals surface area contributed by atoms with Crippen LogP contribution in [-0.2, 0) is 9.47 Å². The maximum absolute atomic E-state index is 11.1.